The number of anilines is 2. The van der Waals surface area contributed by atoms with E-state index in [1.54, 1.807) is 60.7 Å². The molecule has 0 aliphatic carbocycles. The summed E-state index contributed by atoms with van der Waals surface area (Å²) in [5.74, 6) is -1.89. The van der Waals surface area contributed by atoms with Crippen LogP contribution in [0.5, 0.6) is 0 Å². The van der Waals surface area contributed by atoms with E-state index in [4.69, 9.17) is 11.6 Å². The van der Waals surface area contributed by atoms with E-state index in [0.717, 1.165) is 10.5 Å². The first-order chi connectivity index (χ1) is 17.4. The summed E-state index contributed by atoms with van der Waals surface area (Å²) < 4.78 is 0. The number of aromatic carboxylic acids is 1. The second-order valence-electron chi connectivity index (χ2n) is 7.74. The number of carboxylic acid groups (broad SMARTS) is 1. The van der Waals surface area contributed by atoms with Crippen LogP contribution in [0.25, 0.3) is 0 Å². The molecule has 1 unspecified atom stereocenters. The van der Waals surface area contributed by atoms with Crippen molar-refractivity contribution in [2.24, 2.45) is 0 Å². The quantitative estimate of drug-likeness (QED) is 0.225. The number of carbonyl (C=O) groups is 3. The average Bonchev–Trinajstić information content (AvgIpc) is 2.88. The first-order valence-electron chi connectivity index (χ1n) is 10.9. The molecule has 6 nitrogen and oxygen atoms in total. The summed E-state index contributed by atoms with van der Waals surface area (Å²) in [5.41, 5.74) is 1.95. The van der Waals surface area contributed by atoms with Gasteiger partial charge in [-0.2, -0.15) is 0 Å². The Morgan fingerprint density at radius 3 is 2.06 bits per heavy atom. The zero-order valence-corrected chi connectivity index (χ0v) is 20.4. The second-order valence-corrected chi connectivity index (χ2v) is 9.35. The fourth-order valence-electron chi connectivity index (χ4n) is 3.49. The maximum Gasteiger partial charge on any atom is 0.336 e. The third-order valence-corrected chi connectivity index (χ3v) is 6.70. The van der Waals surface area contributed by atoms with E-state index in [9.17, 15) is 19.5 Å². The molecule has 36 heavy (non-hydrogen) atoms. The smallest absolute Gasteiger partial charge is 0.336 e. The molecule has 0 aliphatic rings. The number of halogens is 1. The van der Waals surface area contributed by atoms with Crippen molar-refractivity contribution in [3.63, 3.8) is 0 Å². The van der Waals surface area contributed by atoms with Gasteiger partial charge in [-0.15, -0.1) is 11.8 Å². The summed E-state index contributed by atoms with van der Waals surface area (Å²) in [6, 6.07) is 29.4. The van der Waals surface area contributed by atoms with Gasteiger partial charge in [-0.1, -0.05) is 60.1 Å². The number of carboxylic acids is 1. The van der Waals surface area contributed by atoms with E-state index in [0.29, 0.717) is 16.4 Å². The second kappa shape index (κ2) is 11.6. The van der Waals surface area contributed by atoms with Crippen molar-refractivity contribution in [3.8, 4) is 0 Å². The van der Waals surface area contributed by atoms with Crippen LogP contribution in [0, 0.1) is 0 Å². The van der Waals surface area contributed by atoms with E-state index < -0.39 is 17.1 Å². The number of nitrogens with one attached hydrogen (secondary N) is 2. The Bertz CT molecular complexity index is 1390. The van der Waals surface area contributed by atoms with Crippen LogP contribution in [0.15, 0.2) is 108 Å². The zero-order valence-electron chi connectivity index (χ0n) is 18.9. The van der Waals surface area contributed by atoms with Gasteiger partial charge in [0.25, 0.3) is 5.91 Å². The van der Waals surface area contributed by atoms with E-state index in [2.05, 4.69) is 10.6 Å². The van der Waals surface area contributed by atoms with E-state index in [1.807, 2.05) is 30.3 Å². The highest BCUT2D eigenvalue weighted by Gasteiger charge is 2.22. The van der Waals surface area contributed by atoms with Gasteiger partial charge >= 0.3 is 5.97 Å². The Kier molecular flexibility index (Phi) is 8.05. The summed E-state index contributed by atoms with van der Waals surface area (Å²) in [6.07, 6.45) is 0. The predicted molar refractivity (Wildman–Crippen MR) is 143 cm³/mol. The highest BCUT2D eigenvalue weighted by Crippen LogP contribution is 2.37. The molecule has 2 amide bonds. The van der Waals surface area contributed by atoms with Crippen molar-refractivity contribution in [1.29, 1.82) is 0 Å². The molecule has 0 fully saturated rings. The largest absolute Gasteiger partial charge is 0.478 e. The summed E-state index contributed by atoms with van der Waals surface area (Å²) in [6.45, 7) is 0. The van der Waals surface area contributed by atoms with Gasteiger partial charge in [0.2, 0.25) is 5.91 Å². The van der Waals surface area contributed by atoms with Gasteiger partial charge < -0.3 is 15.7 Å². The molecule has 0 spiro atoms. The first kappa shape index (κ1) is 25.0. The topological polar surface area (TPSA) is 95.5 Å². The lowest BCUT2D eigenvalue weighted by molar-refractivity contribution is -0.115. The van der Waals surface area contributed by atoms with Crippen LogP contribution in [0.2, 0.25) is 5.02 Å². The van der Waals surface area contributed by atoms with Crippen molar-refractivity contribution >= 4 is 52.5 Å². The average molecular weight is 517 g/mol. The summed E-state index contributed by atoms with van der Waals surface area (Å²) >= 11 is 7.42. The normalized spacial score (nSPS) is 11.4. The summed E-state index contributed by atoms with van der Waals surface area (Å²) in [5, 5.41) is 15.0. The highest BCUT2D eigenvalue weighted by atomic mass is 35.5. The van der Waals surface area contributed by atoms with Crippen LogP contribution in [-0.2, 0) is 4.79 Å². The molecular weight excluding hydrogens is 496 g/mol. The monoisotopic (exact) mass is 516 g/mol. The molecule has 180 valence electrons. The fourth-order valence-corrected chi connectivity index (χ4v) is 4.71. The van der Waals surface area contributed by atoms with E-state index in [1.165, 1.54) is 23.9 Å². The molecule has 3 N–H and O–H groups in total. The third kappa shape index (κ3) is 6.33. The molecule has 0 saturated heterocycles. The molecule has 1 atom stereocenters. The molecule has 0 heterocycles. The lowest BCUT2D eigenvalue weighted by atomic mass is 10.1. The first-order valence-corrected chi connectivity index (χ1v) is 12.2. The predicted octanol–water partition coefficient (Wildman–Crippen LogP) is 6.76. The molecule has 0 aromatic heterocycles. The van der Waals surface area contributed by atoms with Crippen molar-refractivity contribution in [2.75, 3.05) is 10.6 Å². The van der Waals surface area contributed by atoms with Gasteiger partial charge in [-0.25, -0.2) is 4.79 Å². The number of rotatable bonds is 8. The van der Waals surface area contributed by atoms with E-state index >= 15 is 0 Å². The Labute approximate surface area is 217 Å². The Hall–Kier alpha value is -4.07. The van der Waals surface area contributed by atoms with Crippen LogP contribution in [0.3, 0.4) is 0 Å². The molecular formula is C28H21ClN2O4S. The van der Waals surface area contributed by atoms with Gasteiger partial charge in [0.05, 0.1) is 11.1 Å². The number of carbonyl (C=O) groups excluding carboxylic acids is 2. The fraction of sp³-hybridized carbons (Fsp3) is 0.0357. The lowest BCUT2D eigenvalue weighted by Crippen LogP contribution is -2.19. The van der Waals surface area contributed by atoms with Crippen molar-refractivity contribution in [1.82, 2.24) is 0 Å². The molecule has 8 heteroatoms. The Morgan fingerprint density at radius 2 is 1.39 bits per heavy atom. The molecule has 0 radical (unpaired) electrons. The maximum absolute atomic E-state index is 13.2. The minimum Gasteiger partial charge on any atom is -0.478 e. The van der Waals surface area contributed by atoms with Crippen molar-refractivity contribution in [3.05, 3.63) is 125 Å². The number of benzene rings is 4. The van der Waals surface area contributed by atoms with Gasteiger partial charge in [-0.3, -0.25) is 9.59 Å². The number of amides is 2. The van der Waals surface area contributed by atoms with Crippen LogP contribution >= 0.6 is 23.4 Å². The zero-order chi connectivity index (χ0) is 25.5. The molecule has 0 saturated carbocycles. The minimum absolute atomic E-state index is 0.0707. The SMILES string of the molecule is O=C(O)c1ccccc1C(=O)Nc1ccc(SC(C(=O)Nc2cccc(Cl)c2)c2ccccc2)cc1. The van der Waals surface area contributed by atoms with Crippen LogP contribution in [-0.4, -0.2) is 22.9 Å². The van der Waals surface area contributed by atoms with Crippen LogP contribution in [0.4, 0.5) is 11.4 Å². The highest BCUT2D eigenvalue weighted by molar-refractivity contribution is 8.00. The van der Waals surface area contributed by atoms with Crippen molar-refractivity contribution in [2.45, 2.75) is 10.1 Å². The van der Waals surface area contributed by atoms with Gasteiger partial charge in [0.15, 0.2) is 0 Å². The summed E-state index contributed by atoms with van der Waals surface area (Å²) in [4.78, 5) is 38.1. The minimum atomic E-state index is -1.17. The lowest BCUT2D eigenvalue weighted by Gasteiger charge is -2.17. The van der Waals surface area contributed by atoms with Crippen molar-refractivity contribution < 1.29 is 19.5 Å². The molecule has 4 aromatic carbocycles. The standard InChI is InChI=1S/C28H21ClN2O4S/c29-19-9-6-10-21(17-19)31-27(33)25(18-7-2-1-3-8-18)36-22-15-13-20(14-16-22)30-26(32)23-11-4-5-12-24(23)28(34)35/h1-17,25H,(H,30,32)(H,31,33)(H,34,35). The molecule has 4 rings (SSSR count). The number of hydrogen-bond acceptors (Lipinski definition) is 4. The number of thioether (sulfide) groups is 1. The van der Waals surface area contributed by atoms with Gasteiger partial charge in [0, 0.05) is 21.3 Å². The number of hydrogen-bond donors (Lipinski definition) is 3. The third-order valence-electron chi connectivity index (χ3n) is 5.20. The Balaban J connectivity index is 1.50. The Morgan fingerprint density at radius 1 is 0.722 bits per heavy atom. The molecule has 4 aromatic rings. The molecule has 0 bridgehead atoms. The van der Waals surface area contributed by atoms with Gasteiger partial charge in [0.1, 0.15) is 5.25 Å². The van der Waals surface area contributed by atoms with Crippen LogP contribution < -0.4 is 10.6 Å². The molecule has 0 aliphatic heterocycles. The van der Waals surface area contributed by atoms with E-state index in [-0.39, 0.29) is 17.0 Å². The summed E-state index contributed by atoms with van der Waals surface area (Å²) in [7, 11) is 0. The van der Waals surface area contributed by atoms with Gasteiger partial charge in [-0.05, 0) is 60.2 Å². The maximum atomic E-state index is 13.2. The van der Waals surface area contributed by atoms with Crippen LogP contribution in [0.1, 0.15) is 31.5 Å².